The number of hydrogen-bond acceptors (Lipinski definition) is 0. The summed E-state index contributed by atoms with van der Waals surface area (Å²) in [7, 11) is 0. The number of rotatable bonds is 0. The maximum atomic E-state index is 2.37. The zero-order valence-electron chi connectivity index (χ0n) is 5.05. The van der Waals surface area contributed by atoms with Crippen molar-refractivity contribution >= 4 is 37.5 Å². The van der Waals surface area contributed by atoms with Crippen LogP contribution in [0.3, 0.4) is 0 Å². The molecule has 0 atom stereocenters. The monoisotopic (exact) mass is 250 g/mol. The molecule has 2 aromatic rings. The van der Waals surface area contributed by atoms with E-state index in [1.807, 2.05) is 0 Å². The number of fused-ring (bicyclic) bond motifs is 1. The van der Waals surface area contributed by atoms with E-state index in [0.717, 1.165) is 0 Å². The Hall–Kier alpha value is 0.259. The molecule has 9 heavy (non-hydrogen) atoms. The van der Waals surface area contributed by atoms with Crippen LogP contribution in [-0.4, -0.2) is 29.0 Å². The Morgan fingerprint density at radius 3 is 3.00 bits per heavy atom. The van der Waals surface area contributed by atoms with Gasteiger partial charge in [-0.05, 0) is 0 Å². The van der Waals surface area contributed by atoms with Gasteiger partial charge in [-0.2, -0.15) is 0 Å². The minimum absolute atomic E-state index is 0.689. The molecule has 0 fully saturated rings. The predicted molar refractivity (Wildman–Crippen MR) is 42.6 cm³/mol. The van der Waals surface area contributed by atoms with Gasteiger partial charge in [0.15, 0.2) is 0 Å². The molecule has 0 unspecified atom stereocenters. The van der Waals surface area contributed by atoms with Crippen molar-refractivity contribution in [3.05, 3.63) is 21.5 Å². The van der Waals surface area contributed by atoms with E-state index in [-0.39, 0.29) is 0 Å². The van der Waals surface area contributed by atoms with Crippen molar-refractivity contribution in [2.75, 3.05) is 0 Å². The Bertz CT molecular complexity index is 288. The Morgan fingerprint density at radius 1 is 1.33 bits per heavy atom. The van der Waals surface area contributed by atoms with Gasteiger partial charge in [-0.15, -0.1) is 0 Å². The van der Waals surface area contributed by atoms with Crippen LogP contribution in [0.1, 0.15) is 4.44 Å². The van der Waals surface area contributed by atoms with Gasteiger partial charge in [0.25, 0.3) is 0 Å². The van der Waals surface area contributed by atoms with Crippen molar-refractivity contribution < 1.29 is 0 Å². The first-order valence-corrected chi connectivity index (χ1v) is 6.36. The molecule has 0 aliphatic heterocycles. The van der Waals surface area contributed by atoms with E-state index in [2.05, 4.69) is 24.0 Å². The van der Waals surface area contributed by atoms with Gasteiger partial charge in [0.1, 0.15) is 0 Å². The standard InChI is InChI=1S/C7H6Se2/c1-5-4-7-6(9-5)2-3-8-7/h2-4H,1H3. The number of hydrogen-bond donors (Lipinski definition) is 0. The van der Waals surface area contributed by atoms with E-state index < -0.39 is 0 Å². The second-order valence-electron chi connectivity index (χ2n) is 2.01. The molecule has 0 aliphatic rings. The zero-order chi connectivity index (χ0) is 6.27. The Morgan fingerprint density at radius 2 is 2.22 bits per heavy atom. The molecule has 46 valence electrons. The molecule has 0 aromatic carbocycles. The summed E-state index contributed by atoms with van der Waals surface area (Å²) >= 11 is 1.39. The van der Waals surface area contributed by atoms with Crippen molar-refractivity contribution in [2.24, 2.45) is 0 Å². The molecule has 2 heterocycles. The summed E-state index contributed by atoms with van der Waals surface area (Å²) in [5.74, 6) is 0. The van der Waals surface area contributed by atoms with Crippen LogP contribution in [0.2, 0.25) is 0 Å². The third-order valence-electron chi connectivity index (χ3n) is 1.26. The minimum atomic E-state index is 0.689. The van der Waals surface area contributed by atoms with E-state index in [1.165, 1.54) is 0 Å². The summed E-state index contributed by atoms with van der Waals surface area (Å²) in [6, 6.07) is 4.68. The molecule has 0 spiro atoms. The van der Waals surface area contributed by atoms with Crippen molar-refractivity contribution in [3.8, 4) is 0 Å². The van der Waals surface area contributed by atoms with Gasteiger partial charge in [0.05, 0.1) is 0 Å². The molecular weight excluding hydrogens is 242 g/mol. The fraction of sp³-hybridized carbons (Fsp3) is 0.143. The van der Waals surface area contributed by atoms with Gasteiger partial charge >= 0.3 is 66.0 Å². The van der Waals surface area contributed by atoms with Gasteiger partial charge in [-0.1, -0.05) is 0 Å². The molecule has 0 N–H and O–H groups in total. The first-order valence-electron chi connectivity index (χ1n) is 2.80. The van der Waals surface area contributed by atoms with E-state index in [9.17, 15) is 0 Å². The maximum absolute atomic E-state index is 2.37. The average molecular weight is 248 g/mol. The van der Waals surface area contributed by atoms with Gasteiger partial charge in [0.2, 0.25) is 0 Å². The van der Waals surface area contributed by atoms with Crippen molar-refractivity contribution in [3.63, 3.8) is 0 Å². The Labute approximate surface area is 66.0 Å². The van der Waals surface area contributed by atoms with Crippen LogP contribution < -0.4 is 0 Å². The molecule has 2 aromatic heterocycles. The van der Waals surface area contributed by atoms with Gasteiger partial charge in [-0.25, -0.2) is 0 Å². The predicted octanol–water partition coefficient (Wildman–Crippen LogP) is 1.26. The zero-order valence-corrected chi connectivity index (χ0v) is 8.47. The summed E-state index contributed by atoms with van der Waals surface area (Å²) in [4.78, 5) is 2.32. The van der Waals surface area contributed by atoms with Crippen LogP contribution in [0.25, 0.3) is 8.52 Å². The molecule has 0 nitrogen and oxygen atoms in total. The first-order chi connectivity index (χ1) is 4.36. The molecule has 0 amide bonds. The molecule has 0 bridgehead atoms. The quantitative estimate of drug-likeness (QED) is 0.616. The van der Waals surface area contributed by atoms with Crippen LogP contribution in [-0.2, 0) is 0 Å². The topological polar surface area (TPSA) is 0 Å². The summed E-state index contributed by atoms with van der Waals surface area (Å²) < 4.78 is 4.87. The van der Waals surface area contributed by atoms with Crippen molar-refractivity contribution in [1.29, 1.82) is 0 Å². The van der Waals surface area contributed by atoms with Crippen LogP contribution >= 0.6 is 0 Å². The molecule has 2 heteroatoms. The van der Waals surface area contributed by atoms with Crippen molar-refractivity contribution in [1.82, 2.24) is 0 Å². The summed E-state index contributed by atoms with van der Waals surface area (Å²) in [5.41, 5.74) is 0. The molecule has 2 rings (SSSR count). The fourth-order valence-corrected chi connectivity index (χ4v) is 6.03. The van der Waals surface area contributed by atoms with E-state index >= 15 is 0 Å². The average Bonchev–Trinajstić information content (AvgIpc) is 2.22. The summed E-state index contributed by atoms with van der Waals surface area (Å²) in [6.45, 7) is 2.24. The number of aryl methyl sites for hydroxylation is 1. The van der Waals surface area contributed by atoms with Gasteiger partial charge in [0, 0.05) is 0 Å². The van der Waals surface area contributed by atoms with Gasteiger partial charge in [-0.3, -0.25) is 0 Å². The third kappa shape index (κ3) is 0.970. The first kappa shape index (κ1) is 6.00. The van der Waals surface area contributed by atoms with E-state index in [0.29, 0.717) is 29.0 Å². The second-order valence-corrected chi connectivity index (χ2v) is 6.70. The summed E-state index contributed by atoms with van der Waals surface area (Å²) in [6.07, 6.45) is 0. The van der Waals surface area contributed by atoms with Crippen LogP contribution in [0, 0.1) is 6.92 Å². The fourth-order valence-electron chi connectivity index (χ4n) is 0.886. The molecule has 0 saturated heterocycles. The summed E-state index contributed by atoms with van der Waals surface area (Å²) in [5, 5.41) is 0. The second kappa shape index (κ2) is 2.14. The van der Waals surface area contributed by atoms with Crippen LogP contribution in [0.4, 0.5) is 0 Å². The van der Waals surface area contributed by atoms with Gasteiger partial charge < -0.3 is 0 Å². The SMILES string of the molecule is Cc1cc2[se]ccc2[se]1. The van der Waals surface area contributed by atoms with E-state index in [4.69, 9.17) is 0 Å². The van der Waals surface area contributed by atoms with Crippen LogP contribution in [0.5, 0.6) is 0 Å². The molecule has 0 saturated carbocycles. The molecular formula is C7H6Se2. The van der Waals surface area contributed by atoms with Crippen LogP contribution in [0.15, 0.2) is 17.1 Å². The third-order valence-corrected chi connectivity index (χ3v) is 5.86. The Kier molecular flexibility index (Phi) is 1.43. The molecule has 0 aliphatic carbocycles. The molecule has 0 radical (unpaired) electrons. The van der Waals surface area contributed by atoms with Crippen molar-refractivity contribution in [2.45, 2.75) is 6.92 Å². The Balaban J connectivity index is 2.92. The normalized spacial score (nSPS) is 10.8. The van der Waals surface area contributed by atoms with E-state index in [1.54, 1.807) is 13.0 Å².